The minimum absolute atomic E-state index is 0.109. The number of carbonyl (C=O) groups is 3. The molecule has 1 rings (SSSR count). The number of hydrogen-bond donors (Lipinski definition) is 0. The Balaban J connectivity index is 2.65. The standard InChI is InChI=1S/C12H18O4/c1-3-8-5-6-10(13)9(7-8)11(14)12(15)16-4-2/h8-9H,3-7H2,1-2H3/t8-,9-/m1/s1. The fourth-order valence-corrected chi connectivity index (χ4v) is 2.07. The van der Waals surface area contributed by atoms with Crippen LogP contribution in [0.2, 0.25) is 0 Å². The molecule has 4 nitrogen and oxygen atoms in total. The highest BCUT2D eigenvalue weighted by molar-refractivity contribution is 6.38. The smallest absolute Gasteiger partial charge is 0.375 e. The fourth-order valence-electron chi connectivity index (χ4n) is 2.07. The van der Waals surface area contributed by atoms with E-state index in [1.807, 2.05) is 6.92 Å². The van der Waals surface area contributed by atoms with Gasteiger partial charge in [-0.05, 0) is 25.7 Å². The molecular weight excluding hydrogens is 208 g/mol. The third-order valence-corrected chi connectivity index (χ3v) is 3.13. The van der Waals surface area contributed by atoms with Crippen LogP contribution in [-0.4, -0.2) is 24.1 Å². The van der Waals surface area contributed by atoms with Crippen LogP contribution in [0, 0.1) is 11.8 Å². The Kier molecular flexibility index (Phi) is 4.65. The van der Waals surface area contributed by atoms with E-state index >= 15 is 0 Å². The molecule has 0 aromatic rings. The van der Waals surface area contributed by atoms with Crippen LogP contribution >= 0.6 is 0 Å². The molecule has 0 aromatic carbocycles. The summed E-state index contributed by atoms with van der Waals surface area (Å²) in [6, 6.07) is 0. The Morgan fingerprint density at radius 3 is 2.62 bits per heavy atom. The molecule has 1 aliphatic rings. The predicted octanol–water partition coefficient (Wildman–Crippen LogP) is 1.51. The van der Waals surface area contributed by atoms with Crippen molar-refractivity contribution < 1.29 is 19.1 Å². The molecule has 16 heavy (non-hydrogen) atoms. The molecule has 0 aromatic heterocycles. The molecule has 1 saturated carbocycles. The third-order valence-electron chi connectivity index (χ3n) is 3.13. The molecule has 0 bridgehead atoms. The van der Waals surface area contributed by atoms with Crippen molar-refractivity contribution in [2.75, 3.05) is 6.61 Å². The van der Waals surface area contributed by atoms with E-state index in [9.17, 15) is 14.4 Å². The Morgan fingerprint density at radius 1 is 1.38 bits per heavy atom. The van der Waals surface area contributed by atoms with E-state index in [4.69, 9.17) is 0 Å². The SMILES string of the molecule is CCOC(=O)C(=O)[C@@H]1C[C@H](CC)CCC1=O. The lowest BCUT2D eigenvalue weighted by Gasteiger charge is -2.25. The Hall–Kier alpha value is -1.19. The average molecular weight is 226 g/mol. The van der Waals surface area contributed by atoms with Crippen LogP contribution in [0.5, 0.6) is 0 Å². The van der Waals surface area contributed by atoms with Gasteiger partial charge in [-0.25, -0.2) is 4.79 Å². The second kappa shape index (κ2) is 5.77. The lowest BCUT2D eigenvalue weighted by atomic mass is 9.77. The van der Waals surface area contributed by atoms with E-state index < -0.39 is 17.7 Å². The highest BCUT2D eigenvalue weighted by Crippen LogP contribution is 2.29. The van der Waals surface area contributed by atoms with E-state index in [1.54, 1.807) is 6.92 Å². The zero-order valence-corrected chi connectivity index (χ0v) is 9.82. The molecule has 4 heteroatoms. The zero-order valence-electron chi connectivity index (χ0n) is 9.82. The van der Waals surface area contributed by atoms with Gasteiger partial charge in [-0.3, -0.25) is 9.59 Å². The zero-order chi connectivity index (χ0) is 12.1. The second-order valence-corrected chi connectivity index (χ2v) is 4.15. The number of esters is 1. The maximum Gasteiger partial charge on any atom is 0.375 e. The third kappa shape index (κ3) is 2.90. The molecule has 0 heterocycles. The van der Waals surface area contributed by atoms with Gasteiger partial charge in [0.1, 0.15) is 5.78 Å². The first-order valence-electron chi connectivity index (χ1n) is 5.83. The van der Waals surface area contributed by atoms with Crippen molar-refractivity contribution in [1.29, 1.82) is 0 Å². The molecule has 0 radical (unpaired) electrons. The van der Waals surface area contributed by atoms with Crippen molar-refractivity contribution in [3.8, 4) is 0 Å². The largest absolute Gasteiger partial charge is 0.460 e. The molecule has 1 aliphatic carbocycles. The highest BCUT2D eigenvalue weighted by atomic mass is 16.5. The summed E-state index contributed by atoms with van der Waals surface area (Å²) in [7, 11) is 0. The highest BCUT2D eigenvalue weighted by Gasteiger charge is 2.36. The summed E-state index contributed by atoms with van der Waals surface area (Å²) < 4.78 is 4.63. The number of hydrogen-bond acceptors (Lipinski definition) is 4. The van der Waals surface area contributed by atoms with Gasteiger partial charge >= 0.3 is 5.97 Å². The quantitative estimate of drug-likeness (QED) is 0.414. The normalized spacial score (nSPS) is 25.2. The number of ketones is 2. The molecule has 1 fully saturated rings. The minimum Gasteiger partial charge on any atom is -0.460 e. The Morgan fingerprint density at radius 2 is 2.06 bits per heavy atom. The maximum absolute atomic E-state index is 11.7. The molecule has 0 amide bonds. The first kappa shape index (κ1) is 12.9. The average Bonchev–Trinajstić information content (AvgIpc) is 2.29. The van der Waals surface area contributed by atoms with E-state index in [0.29, 0.717) is 18.8 Å². The number of Topliss-reactive ketones (excluding diaryl/α,β-unsaturated/α-hetero) is 2. The van der Waals surface area contributed by atoms with Crippen LogP contribution in [-0.2, 0) is 19.1 Å². The van der Waals surface area contributed by atoms with Gasteiger partial charge in [-0.2, -0.15) is 0 Å². The molecule has 0 unspecified atom stereocenters. The van der Waals surface area contributed by atoms with Crippen molar-refractivity contribution in [2.45, 2.75) is 39.5 Å². The van der Waals surface area contributed by atoms with Gasteiger partial charge in [0.25, 0.3) is 0 Å². The van der Waals surface area contributed by atoms with Crippen LogP contribution in [0.15, 0.2) is 0 Å². The fraction of sp³-hybridized carbons (Fsp3) is 0.750. The molecule has 2 atom stereocenters. The van der Waals surface area contributed by atoms with Crippen molar-refractivity contribution in [2.24, 2.45) is 11.8 Å². The summed E-state index contributed by atoms with van der Waals surface area (Å²) in [6.45, 7) is 3.85. The molecule has 0 aliphatic heterocycles. The van der Waals surface area contributed by atoms with Crippen LogP contribution < -0.4 is 0 Å². The summed E-state index contributed by atoms with van der Waals surface area (Å²) in [4.78, 5) is 34.5. The van der Waals surface area contributed by atoms with Crippen LogP contribution in [0.4, 0.5) is 0 Å². The first-order chi connectivity index (χ1) is 7.60. The van der Waals surface area contributed by atoms with Gasteiger partial charge in [-0.1, -0.05) is 13.3 Å². The van der Waals surface area contributed by atoms with Gasteiger partial charge in [0.2, 0.25) is 5.78 Å². The summed E-state index contributed by atoms with van der Waals surface area (Å²) in [5.74, 6) is -2.01. The lowest BCUT2D eigenvalue weighted by Crippen LogP contribution is -2.36. The maximum atomic E-state index is 11.7. The minimum atomic E-state index is -0.863. The van der Waals surface area contributed by atoms with E-state index in [2.05, 4.69) is 4.74 Å². The van der Waals surface area contributed by atoms with E-state index in [0.717, 1.165) is 12.8 Å². The number of carbonyl (C=O) groups excluding carboxylic acids is 3. The van der Waals surface area contributed by atoms with Crippen molar-refractivity contribution in [1.82, 2.24) is 0 Å². The molecule has 0 saturated heterocycles. The monoisotopic (exact) mass is 226 g/mol. The van der Waals surface area contributed by atoms with E-state index in [1.165, 1.54) is 0 Å². The summed E-state index contributed by atoms with van der Waals surface area (Å²) in [5, 5.41) is 0. The summed E-state index contributed by atoms with van der Waals surface area (Å²) in [6.07, 6.45) is 2.70. The van der Waals surface area contributed by atoms with Gasteiger partial charge in [0.05, 0.1) is 12.5 Å². The van der Waals surface area contributed by atoms with Crippen LogP contribution in [0.25, 0.3) is 0 Å². The molecular formula is C12H18O4. The molecule has 0 spiro atoms. The van der Waals surface area contributed by atoms with Crippen molar-refractivity contribution >= 4 is 17.5 Å². The summed E-state index contributed by atoms with van der Waals surface area (Å²) in [5.41, 5.74) is 0. The van der Waals surface area contributed by atoms with Gasteiger partial charge in [-0.15, -0.1) is 0 Å². The Labute approximate surface area is 95.3 Å². The van der Waals surface area contributed by atoms with E-state index in [-0.39, 0.29) is 12.4 Å². The predicted molar refractivity (Wildman–Crippen MR) is 57.8 cm³/mol. The van der Waals surface area contributed by atoms with Crippen LogP contribution in [0.3, 0.4) is 0 Å². The van der Waals surface area contributed by atoms with Crippen molar-refractivity contribution in [3.05, 3.63) is 0 Å². The molecule has 90 valence electrons. The number of ether oxygens (including phenoxy) is 1. The summed E-state index contributed by atoms with van der Waals surface area (Å²) >= 11 is 0. The number of rotatable bonds is 4. The van der Waals surface area contributed by atoms with Crippen molar-refractivity contribution in [3.63, 3.8) is 0 Å². The van der Waals surface area contributed by atoms with Gasteiger partial charge < -0.3 is 4.74 Å². The second-order valence-electron chi connectivity index (χ2n) is 4.15. The topological polar surface area (TPSA) is 60.4 Å². The lowest BCUT2D eigenvalue weighted by molar-refractivity contribution is -0.157. The molecule has 0 N–H and O–H groups in total. The van der Waals surface area contributed by atoms with Gasteiger partial charge in [0, 0.05) is 6.42 Å². The Bertz CT molecular complexity index is 295. The van der Waals surface area contributed by atoms with Gasteiger partial charge in [0.15, 0.2) is 0 Å². The first-order valence-corrected chi connectivity index (χ1v) is 5.83. The van der Waals surface area contributed by atoms with Crippen LogP contribution in [0.1, 0.15) is 39.5 Å².